The number of halogens is 6. The predicted octanol–water partition coefficient (Wildman–Crippen LogP) is 13.5. The Hall–Kier alpha value is -5.67. The second-order valence-corrected chi connectivity index (χ2v) is 17.3. The Kier molecular flexibility index (Phi) is 7.70. The maximum absolute atomic E-state index is 10.7. The van der Waals surface area contributed by atoms with E-state index in [1.165, 1.54) is 38.5 Å². The van der Waals surface area contributed by atoms with E-state index in [1.807, 2.05) is 6.20 Å². The van der Waals surface area contributed by atoms with Gasteiger partial charge in [-0.15, -0.1) is 0 Å². The Labute approximate surface area is 313 Å². The van der Waals surface area contributed by atoms with E-state index in [-0.39, 0.29) is 10.8 Å². The molecule has 0 fully saturated rings. The fourth-order valence-corrected chi connectivity index (χ4v) is 7.55. The summed E-state index contributed by atoms with van der Waals surface area (Å²) in [5, 5.41) is 2.37. The first-order valence-electron chi connectivity index (χ1n) is 17.6. The standard InChI is InChI=1S/C43H37N4O.F6P/c1-42(2,3)28-22-23-44-40(24-28)47-36-16-10-9-14-32(36)33-20-18-30(25-38(33)47)48-31-19-21-34-39(26-31)46-27-45(29-12-7-6-8-13-29)37-17-11-15-35(41(37)46)43(34,4)5;1-7(2,3,4,5)6/h6-27H,1-5H3;/q+1;-1. The van der Waals surface area contributed by atoms with Gasteiger partial charge in [0.15, 0.2) is 11.0 Å². The number of pyridine rings is 1. The molecule has 0 spiro atoms. The third kappa shape index (κ3) is 7.05. The summed E-state index contributed by atoms with van der Waals surface area (Å²) < 4.78 is 72.8. The molecular formula is C43H37F6N4OP. The fourth-order valence-electron chi connectivity index (χ4n) is 7.55. The SMILES string of the molecule is CC(C)(C)c1ccnc(-n2c3ccccc3c3ccc(Oc4ccc5c(c4)-n4c[n+](-c6ccccc6)c6cccc(c64)C5(C)C)cc32)c1.F[P-](F)(F)(F)(F)F. The van der Waals surface area contributed by atoms with Crippen LogP contribution in [0.2, 0.25) is 0 Å². The van der Waals surface area contributed by atoms with Gasteiger partial charge in [-0.1, -0.05) is 89.2 Å². The summed E-state index contributed by atoms with van der Waals surface area (Å²) in [5.74, 6) is 2.49. The van der Waals surface area contributed by atoms with Crippen LogP contribution in [0.15, 0.2) is 134 Å². The zero-order valence-corrected chi connectivity index (χ0v) is 31.5. The number of hydrogen-bond donors (Lipinski definition) is 0. The number of hydrogen-bond acceptors (Lipinski definition) is 2. The van der Waals surface area contributed by atoms with Gasteiger partial charge in [0, 0.05) is 45.6 Å². The zero-order valence-electron chi connectivity index (χ0n) is 30.6. The predicted molar refractivity (Wildman–Crippen MR) is 208 cm³/mol. The van der Waals surface area contributed by atoms with Gasteiger partial charge in [-0.2, -0.15) is 9.13 Å². The van der Waals surface area contributed by atoms with E-state index in [9.17, 15) is 25.2 Å². The molecule has 0 unspecified atom stereocenters. The summed E-state index contributed by atoms with van der Waals surface area (Å²) in [5.41, 5.74) is 10.5. The Morgan fingerprint density at radius 1 is 0.673 bits per heavy atom. The second kappa shape index (κ2) is 11.7. The molecule has 4 heterocycles. The van der Waals surface area contributed by atoms with Crippen LogP contribution in [0.1, 0.15) is 51.3 Å². The van der Waals surface area contributed by atoms with Crippen molar-refractivity contribution in [3.8, 4) is 28.7 Å². The fraction of sp³-hybridized carbons (Fsp3) is 0.163. The number of ether oxygens (including phenoxy) is 1. The molecule has 3 aromatic heterocycles. The number of fused-ring (bicyclic) bond motifs is 5. The topological polar surface area (TPSA) is 35.9 Å². The molecule has 282 valence electrons. The Balaban J connectivity index is 0.000000560. The molecule has 5 nitrogen and oxygen atoms in total. The molecule has 0 saturated carbocycles. The van der Waals surface area contributed by atoms with E-state index >= 15 is 0 Å². The van der Waals surface area contributed by atoms with Crippen molar-refractivity contribution in [2.45, 2.75) is 45.4 Å². The van der Waals surface area contributed by atoms with Crippen molar-refractivity contribution in [2.75, 3.05) is 0 Å². The Bertz CT molecular complexity index is 2790. The van der Waals surface area contributed by atoms with Crippen molar-refractivity contribution in [1.82, 2.24) is 14.1 Å². The van der Waals surface area contributed by atoms with E-state index in [0.29, 0.717) is 0 Å². The van der Waals surface area contributed by atoms with Crippen molar-refractivity contribution in [1.29, 1.82) is 0 Å². The summed E-state index contributed by atoms with van der Waals surface area (Å²) >= 11 is 0. The van der Waals surface area contributed by atoms with E-state index in [4.69, 9.17) is 9.72 Å². The maximum atomic E-state index is 9.87. The molecule has 0 aliphatic carbocycles. The quantitative estimate of drug-likeness (QED) is 0.101. The van der Waals surface area contributed by atoms with E-state index < -0.39 is 7.81 Å². The van der Waals surface area contributed by atoms with Crippen molar-refractivity contribution < 1.29 is 34.5 Å². The first-order valence-corrected chi connectivity index (χ1v) is 19.7. The molecule has 9 rings (SSSR count). The first-order chi connectivity index (χ1) is 25.6. The molecule has 1 aliphatic heterocycles. The second-order valence-electron chi connectivity index (χ2n) is 15.4. The molecule has 8 aromatic rings. The van der Waals surface area contributed by atoms with Gasteiger partial charge < -0.3 is 4.74 Å². The van der Waals surface area contributed by atoms with Gasteiger partial charge >= 0.3 is 33.0 Å². The van der Waals surface area contributed by atoms with Crippen LogP contribution < -0.4 is 9.30 Å². The molecule has 12 heteroatoms. The molecular weight excluding hydrogens is 733 g/mol. The number of para-hydroxylation sites is 3. The van der Waals surface area contributed by atoms with Gasteiger partial charge in [-0.25, -0.2) is 4.98 Å². The number of imidazole rings is 1. The van der Waals surface area contributed by atoms with Gasteiger partial charge in [0.1, 0.15) is 28.7 Å². The van der Waals surface area contributed by atoms with Crippen molar-refractivity contribution in [3.05, 3.63) is 151 Å². The Morgan fingerprint density at radius 2 is 1.33 bits per heavy atom. The molecule has 0 bridgehead atoms. The van der Waals surface area contributed by atoms with Gasteiger partial charge in [-0.3, -0.25) is 4.57 Å². The minimum absolute atomic E-state index is 0.0118. The van der Waals surface area contributed by atoms with Crippen molar-refractivity contribution >= 4 is 40.6 Å². The molecule has 1 aliphatic rings. The molecule has 0 saturated heterocycles. The number of benzene rings is 5. The summed E-state index contributed by atoms with van der Waals surface area (Å²) in [6.07, 6.45) is 4.13. The van der Waals surface area contributed by atoms with Crippen LogP contribution in [-0.2, 0) is 10.8 Å². The number of nitrogens with zero attached hydrogens (tertiary/aromatic N) is 4. The summed E-state index contributed by atoms with van der Waals surface area (Å²) in [6, 6.07) is 43.0. The minimum atomic E-state index is -10.7. The molecule has 0 radical (unpaired) electrons. The van der Waals surface area contributed by atoms with E-state index in [2.05, 4.69) is 176 Å². The van der Waals surface area contributed by atoms with Crippen LogP contribution in [0.4, 0.5) is 25.2 Å². The van der Waals surface area contributed by atoms with Crippen LogP contribution in [0, 0.1) is 0 Å². The number of rotatable bonds is 4. The molecule has 0 amide bonds. The summed E-state index contributed by atoms with van der Waals surface area (Å²) in [4.78, 5) is 4.85. The normalized spacial score (nSPS) is 14.9. The molecule has 0 N–H and O–H groups in total. The molecule has 0 atom stereocenters. The van der Waals surface area contributed by atoms with Gasteiger partial charge in [0.05, 0.1) is 11.0 Å². The van der Waals surface area contributed by atoms with Crippen LogP contribution in [0.25, 0.3) is 50.0 Å². The number of aromatic nitrogens is 4. The third-order valence-electron chi connectivity index (χ3n) is 10.1. The van der Waals surface area contributed by atoms with Crippen LogP contribution in [-0.4, -0.2) is 14.1 Å². The monoisotopic (exact) mass is 770 g/mol. The van der Waals surface area contributed by atoms with E-state index in [1.54, 1.807) is 0 Å². The summed E-state index contributed by atoms with van der Waals surface area (Å²) in [7, 11) is -10.7. The van der Waals surface area contributed by atoms with Gasteiger partial charge in [-0.05, 0) is 65.6 Å². The van der Waals surface area contributed by atoms with Crippen LogP contribution in [0.3, 0.4) is 0 Å². The van der Waals surface area contributed by atoms with Crippen LogP contribution in [0.5, 0.6) is 11.5 Å². The average Bonchev–Trinajstić information content (AvgIpc) is 3.66. The van der Waals surface area contributed by atoms with Crippen molar-refractivity contribution in [2.24, 2.45) is 0 Å². The Morgan fingerprint density at radius 3 is 2.05 bits per heavy atom. The third-order valence-corrected chi connectivity index (χ3v) is 10.1. The average molecular weight is 771 g/mol. The van der Waals surface area contributed by atoms with E-state index in [0.717, 1.165) is 39.7 Å². The van der Waals surface area contributed by atoms with Gasteiger partial charge in [0.25, 0.3) is 6.33 Å². The van der Waals surface area contributed by atoms with Gasteiger partial charge in [0.2, 0.25) is 0 Å². The zero-order chi connectivity index (χ0) is 39.2. The van der Waals surface area contributed by atoms with Crippen LogP contribution >= 0.6 is 7.81 Å². The molecule has 55 heavy (non-hydrogen) atoms. The van der Waals surface area contributed by atoms with Crippen molar-refractivity contribution in [3.63, 3.8) is 0 Å². The summed E-state index contributed by atoms with van der Waals surface area (Å²) in [6.45, 7) is 11.4. The first kappa shape index (κ1) is 36.3. The molecule has 5 aromatic carbocycles.